The zero-order valence-corrected chi connectivity index (χ0v) is 11.5. The Morgan fingerprint density at radius 1 is 1.58 bits per heavy atom. The highest BCUT2D eigenvalue weighted by atomic mass is 35.5. The van der Waals surface area contributed by atoms with Gasteiger partial charge in [0.1, 0.15) is 11.9 Å². The normalized spacial score (nSPS) is 16.2. The van der Waals surface area contributed by atoms with Crippen molar-refractivity contribution in [3.63, 3.8) is 0 Å². The molecule has 1 N–H and O–H groups in total. The molecular formula is C14H17ClFNO2. The number of carbonyl (C=O) groups is 1. The quantitative estimate of drug-likeness (QED) is 0.816. The molecule has 2 rings (SSSR count). The first kappa shape index (κ1) is 14.3. The van der Waals surface area contributed by atoms with Gasteiger partial charge in [-0.3, -0.25) is 0 Å². The molecule has 0 amide bonds. The fourth-order valence-electron chi connectivity index (χ4n) is 1.89. The number of hydrogen-bond donors (Lipinski definition) is 1. The van der Waals surface area contributed by atoms with Crippen LogP contribution in [0.4, 0.5) is 4.39 Å². The van der Waals surface area contributed by atoms with Crippen molar-refractivity contribution in [1.82, 2.24) is 5.32 Å². The summed E-state index contributed by atoms with van der Waals surface area (Å²) in [6.07, 6.45) is 2.36. The molecule has 5 heteroatoms. The van der Waals surface area contributed by atoms with E-state index in [4.69, 9.17) is 16.3 Å². The van der Waals surface area contributed by atoms with Crippen LogP contribution in [-0.2, 0) is 9.53 Å². The van der Waals surface area contributed by atoms with Crippen LogP contribution < -0.4 is 5.32 Å². The van der Waals surface area contributed by atoms with Gasteiger partial charge >= 0.3 is 5.97 Å². The van der Waals surface area contributed by atoms with Gasteiger partial charge in [-0.05, 0) is 49.9 Å². The molecule has 0 bridgehead atoms. The predicted molar refractivity (Wildman–Crippen MR) is 71.5 cm³/mol. The summed E-state index contributed by atoms with van der Waals surface area (Å²) in [7, 11) is 0. The van der Waals surface area contributed by atoms with Crippen molar-refractivity contribution in [2.24, 2.45) is 5.92 Å². The zero-order chi connectivity index (χ0) is 13.8. The van der Waals surface area contributed by atoms with Crippen molar-refractivity contribution in [3.05, 3.63) is 34.6 Å². The van der Waals surface area contributed by atoms with Crippen molar-refractivity contribution in [2.45, 2.75) is 25.8 Å². The number of esters is 1. The lowest BCUT2D eigenvalue weighted by atomic mass is 10.1. The van der Waals surface area contributed by atoms with E-state index < -0.39 is 11.9 Å². The van der Waals surface area contributed by atoms with Crippen LogP contribution in [0.1, 0.15) is 31.4 Å². The van der Waals surface area contributed by atoms with E-state index in [1.807, 2.05) is 0 Å². The maximum atomic E-state index is 13.1. The Bertz CT molecular complexity index is 463. The fraction of sp³-hybridized carbons (Fsp3) is 0.500. The van der Waals surface area contributed by atoms with Gasteiger partial charge in [-0.25, -0.2) is 9.18 Å². The molecule has 1 aliphatic carbocycles. The average Bonchev–Trinajstić information content (AvgIpc) is 3.16. The highest BCUT2D eigenvalue weighted by Crippen LogP contribution is 2.30. The second-order valence-corrected chi connectivity index (χ2v) is 5.11. The molecule has 0 radical (unpaired) electrons. The Kier molecular flexibility index (Phi) is 4.77. The van der Waals surface area contributed by atoms with Crippen LogP contribution in [0.2, 0.25) is 5.02 Å². The molecule has 3 nitrogen and oxygen atoms in total. The third-order valence-corrected chi connectivity index (χ3v) is 3.43. The minimum absolute atomic E-state index is 0.237. The molecule has 0 aliphatic heterocycles. The summed E-state index contributed by atoms with van der Waals surface area (Å²) < 4.78 is 18.1. The van der Waals surface area contributed by atoms with E-state index in [1.54, 1.807) is 6.92 Å². The second kappa shape index (κ2) is 6.35. The molecule has 0 heterocycles. The van der Waals surface area contributed by atoms with Crippen molar-refractivity contribution in [3.8, 4) is 0 Å². The van der Waals surface area contributed by atoms with Crippen LogP contribution in [-0.4, -0.2) is 19.1 Å². The summed E-state index contributed by atoms with van der Waals surface area (Å²) in [5, 5.41) is 3.40. The molecule has 104 valence electrons. The molecule has 0 spiro atoms. The third-order valence-electron chi connectivity index (χ3n) is 3.10. The summed E-state index contributed by atoms with van der Waals surface area (Å²) >= 11 is 6.01. The van der Waals surface area contributed by atoms with Gasteiger partial charge in [0.2, 0.25) is 0 Å². The summed E-state index contributed by atoms with van der Waals surface area (Å²) in [5.41, 5.74) is 0.558. The summed E-state index contributed by atoms with van der Waals surface area (Å²) in [6.45, 7) is 2.80. The van der Waals surface area contributed by atoms with Crippen molar-refractivity contribution >= 4 is 17.6 Å². The van der Waals surface area contributed by atoms with E-state index in [2.05, 4.69) is 5.32 Å². The molecule has 1 aliphatic rings. The monoisotopic (exact) mass is 285 g/mol. The Labute approximate surface area is 117 Å². The molecule has 1 unspecified atom stereocenters. The first-order chi connectivity index (χ1) is 9.11. The van der Waals surface area contributed by atoms with Gasteiger partial charge < -0.3 is 10.1 Å². The van der Waals surface area contributed by atoms with Crippen LogP contribution in [0.5, 0.6) is 0 Å². The van der Waals surface area contributed by atoms with Crippen molar-refractivity contribution in [1.29, 1.82) is 0 Å². The number of carbonyl (C=O) groups excluding carboxylic acids is 1. The van der Waals surface area contributed by atoms with Crippen molar-refractivity contribution in [2.75, 3.05) is 13.2 Å². The van der Waals surface area contributed by atoms with E-state index in [0.717, 1.165) is 6.54 Å². The van der Waals surface area contributed by atoms with Crippen LogP contribution >= 0.6 is 11.6 Å². The maximum absolute atomic E-state index is 13.1. The summed E-state index contributed by atoms with van der Waals surface area (Å²) in [4.78, 5) is 12.0. The van der Waals surface area contributed by atoms with Gasteiger partial charge in [-0.1, -0.05) is 17.7 Å². The Hall–Kier alpha value is -1.13. The smallest absolute Gasteiger partial charge is 0.327 e. The standard InChI is InChI=1S/C14H17ClFNO2/c1-2-19-14(18)13(17-8-9-3-4-9)11-6-5-10(16)7-12(11)15/h5-7,9,13,17H,2-4,8H2,1H3. The highest BCUT2D eigenvalue weighted by Gasteiger charge is 2.28. The van der Waals surface area contributed by atoms with E-state index in [0.29, 0.717) is 18.1 Å². The number of ether oxygens (including phenoxy) is 1. The predicted octanol–water partition coefficient (Wildman–Crippen LogP) is 3.08. The second-order valence-electron chi connectivity index (χ2n) is 4.70. The lowest BCUT2D eigenvalue weighted by Gasteiger charge is -2.18. The molecule has 1 aromatic rings. The number of benzene rings is 1. The lowest BCUT2D eigenvalue weighted by Crippen LogP contribution is -2.32. The highest BCUT2D eigenvalue weighted by molar-refractivity contribution is 6.31. The van der Waals surface area contributed by atoms with Gasteiger partial charge in [0.15, 0.2) is 0 Å². The Balaban J connectivity index is 2.15. The molecule has 1 saturated carbocycles. The van der Waals surface area contributed by atoms with E-state index in [1.165, 1.54) is 31.0 Å². The zero-order valence-electron chi connectivity index (χ0n) is 10.8. The molecule has 0 saturated heterocycles. The molecular weight excluding hydrogens is 269 g/mol. The van der Waals surface area contributed by atoms with E-state index in [-0.39, 0.29) is 11.0 Å². The molecule has 1 fully saturated rings. The van der Waals surface area contributed by atoms with Gasteiger partial charge in [0.25, 0.3) is 0 Å². The third kappa shape index (κ3) is 3.91. The Morgan fingerprint density at radius 2 is 2.32 bits per heavy atom. The lowest BCUT2D eigenvalue weighted by molar-refractivity contribution is -0.145. The number of rotatable bonds is 6. The minimum Gasteiger partial charge on any atom is -0.465 e. The maximum Gasteiger partial charge on any atom is 0.327 e. The van der Waals surface area contributed by atoms with Gasteiger partial charge in [0, 0.05) is 5.02 Å². The minimum atomic E-state index is -0.631. The van der Waals surface area contributed by atoms with Crippen LogP contribution in [0, 0.1) is 11.7 Å². The van der Waals surface area contributed by atoms with E-state index in [9.17, 15) is 9.18 Å². The van der Waals surface area contributed by atoms with Crippen LogP contribution in [0.3, 0.4) is 0 Å². The summed E-state index contributed by atoms with van der Waals surface area (Å²) in [6, 6.07) is 3.40. The Morgan fingerprint density at radius 3 is 2.89 bits per heavy atom. The summed E-state index contributed by atoms with van der Waals surface area (Å²) in [5.74, 6) is -0.175. The van der Waals surface area contributed by atoms with E-state index >= 15 is 0 Å². The van der Waals surface area contributed by atoms with Crippen LogP contribution in [0.15, 0.2) is 18.2 Å². The number of nitrogens with one attached hydrogen (secondary N) is 1. The average molecular weight is 286 g/mol. The molecule has 0 aromatic heterocycles. The van der Waals surface area contributed by atoms with Crippen molar-refractivity contribution < 1.29 is 13.9 Å². The largest absolute Gasteiger partial charge is 0.465 e. The topological polar surface area (TPSA) is 38.3 Å². The number of hydrogen-bond acceptors (Lipinski definition) is 3. The molecule has 19 heavy (non-hydrogen) atoms. The first-order valence-corrected chi connectivity index (χ1v) is 6.84. The first-order valence-electron chi connectivity index (χ1n) is 6.46. The van der Waals surface area contributed by atoms with Gasteiger partial charge in [0.05, 0.1) is 6.61 Å². The van der Waals surface area contributed by atoms with Gasteiger partial charge in [-0.15, -0.1) is 0 Å². The van der Waals surface area contributed by atoms with Gasteiger partial charge in [-0.2, -0.15) is 0 Å². The number of halogens is 2. The fourth-order valence-corrected chi connectivity index (χ4v) is 2.16. The SMILES string of the molecule is CCOC(=O)C(NCC1CC1)c1ccc(F)cc1Cl. The van der Waals surface area contributed by atoms with Crippen LogP contribution in [0.25, 0.3) is 0 Å². The molecule has 1 aromatic carbocycles. The molecule has 1 atom stereocenters.